The van der Waals surface area contributed by atoms with Gasteiger partial charge in [0, 0.05) is 23.6 Å². The number of nitrogens with one attached hydrogen (secondary N) is 3. The molecule has 186 valence electrons. The Morgan fingerprint density at radius 1 is 1.08 bits per heavy atom. The molecule has 12 heteroatoms. The quantitative estimate of drug-likeness (QED) is 0.215. The van der Waals surface area contributed by atoms with Crippen LogP contribution in [0.1, 0.15) is 16.1 Å². The van der Waals surface area contributed by atoms with E-state index in [9.17, 15) is 23.1 Å². The lowest BCUT2D eigenvalue weighted by Crippen LogP contribution is -2.48. The van der Waals surface area contributed by atoms with Crippen molar-refractivity contribution in [3.05, 3.63) is 84.2 Å². The predicted molar refractivity (Wildman–Crippen MR) is 132 cm³/mol. The van der Waals surface area contributed by atoms with Crippen LogP contribution >= 0.6 is 0 Å². The molecule has 2 aromatic heterocycles. The first kappa shape index (κ1) is 24.7. The number of carbonyl (C=O) groups excluding carboxylic acids is 1. The van der Waals surface area contributed by atoms with Gasteiger partial charge in [0.1, 0.15) is 29.9 Å². The van der Waals surface area contributed by atoms with E-state index in [1.807, 2.05) is 0 Å². The predicted octanol–water partition coefficient (Wildman–Crippen LogP) is 1.89. The van der Waals surface area contributed by atoms with Gasteiger partial charge in [0.15, 0.2) is 0 Å². The zero-order valence-corrected chi connectivity index (χ0v) is 19.7. The summed E-state index contributed by atoms with van der Waals surface area (Å²) in [6.07, 6.45) is 1.59. The van der Waals surface area contributed by atoms with E-state index in [0.717, 1.165) is 5.56 Å². The summed E-state index contributed by atoms with van der Waals surface area (Å²) in [6.45, 7) is -0.176. The second-order valence-corrected chi connectivity index (χ2v) is 9.56. The van der Waals surface area contributed by atoms with Crippen LogP contribution in [0.4, 0.5) is 5.82 Å². The van der Waals surface area contributed by atoms with Gasteiger partial charge < -0.3 is 25.9 Å². The maximum absolute atomic E-state index is 12.6. The number of H-pyrrole nitrogens is 1. The molecule has 2 aromatic carbocycles. The summed E-state index contributed by atoms with van der Waals surface area (Å²) in [5.74, 6) is -1.05. The number of sulfonamides is 1. The fourth-order valence-corrected chi connectivity index (χ4v) is 4.61. The van der Waals surface area contributed by atoms with Crippen LogP contribution in [0.5, 0.6) is 5.75 Å². The second kappa shape index (κ2) is 10.5. The molecule has 4 rings (SSSR count). The summed E-state index contributed by atoms with van der Waals surface area (Å²) in [6, 6.07) is 16.1. The molecule has 0 aliphatic carbocycles. The number of benzene rings is 2. The number of nitrogens with zero attached hydrogens (tertiary/aromatic N) is 1. The molecule has 0 fully saturated rings. The van der Waals surface area contributed by atoms with E-state index < -0.39 is 34.5 Å². The molecule has 1 atom stereocenters. The molecule has 11 nitrogen and oxygen atoms in total. The van der Waals surface area contributed by atoms with E-state index in [0.29, 0.717) is 22.5 Å². The fourth-order valence-electron chi connectivity index (χ4n) is 3.40. The highest BCUT2D eigenvalue weighted by Gasteiger charge is 2.26. The van der Waals surface area contributed by atoms with E-state index in [4.69, 9.17) is 10.5 Å². The Morgan fingerprint density at radius 2 is 1.86 bits per heavy atom. The minimum absolute atomic E-state index is 0.0800. The van der Waals surface area contributed by atoms with Gasteiger partial charge in [-0.3, -0.25) is 9.59 Å². The van der Waals surface area contributed by atoms with E-state index >= 15 is 0 Å². The number of carbonyl (C=O) groups is 2. The lowest BCUT2D eigenvalue weighted by atomic mass is 10.2. The van der Waals surface area contributed by atoms with Gasteiger partial charge in [-0.1, -0.05) is 18.2 Å². The van der Waals surface area contributed by atoms with Crippen molar-refractivity contribution in [2.45, 2.75) is 17.5 Å². The molecule has 6 N–H and O–H groups in total. The third-order valence-corrected chi connectivity index (χ3v) is 6.69. The van der Waals surface area contributed by atoms with E-state index in [1.165, 1.54) is 24.3 Å². The monoisotopic (exact) mass is 509 g/mol. The van der Waals surface area contributed by atoms with Gasteiger partial charge in [-0.05, 0) is 54.1 Å². The van der Waals surface area contributed by atoms with Gasteiger partial charge in [0.2, 0.25) is 10.0 Å². The highest BCUT2D eigenvalue weighted by atomic mass is 32.2. The average Bonchev–Trinajstić information content (AvgIpc) is 3.29. The van der Waals surface area contributed by atoms with Crippen LogP contribution < -0.4 is 20.5 Å². The molecule has 0 aliphatic heterocycles. The van der Waals surface area contributed by atoms with Crippen molar-refractivity contribution in [1.29, 1.82) is 0 Å². The first-order chi connectivity index (χ1) is 17.2. The molecular formula is C24H23N5O6S. The Hall–Kier alpha value is -4.42. The number of nitrogens with two attached hydrogens (primary N) is 1. The molecule has 36 heavy (non-hydrogen) atoms. The second-order valence-electron chi connectivity index (χ2n) is 7.84. The van der Waals surface area contributed by atoms with Crippen LogP contribution in [0.3, 0.4) is 0 Å². The number of anilines is 1. The Kier molecular flexibility index (Phi) is 7.17. The lowest BCUT2D eigenvalue weighted by molar-refractivity contribution is -0.138. The van der Waals surface area contributed by atoms with Gasteiger partial charge >= 0.3 is 5.97 Å². The highest BCUT2D eigenvalue weighted by Crippen LogP contribution is 2.23. The Bertz CT molecular complexity index is 1500. The Morgan fingerprint density at radius 3 is 2.58 bits per heavy atom. The molecule has 0 aliphatic rings. The maximum atomic E-state index is 12.6. The lowest BCUT2D eigenvalue weighted by Gasteiger charge is -2.15. The largest absolute Gasteiger partial charge is 0.489 e. The smallest absolute Gasteiger partial charge is 0.323 e. The third kappa shape index (κ3) is 5.98. The number of aliphatic carboxylic acids is 1. The van der Waals surface area contributed by atoms with Crippen molar-refractivity contribution in [2.75, 3.05) is 12.3 Å². The van der Waals surface area contributed by atoms with Crippen LogP contribution in [0.2, 0.25) is 0 Å². The molecule has 2 heterocycles. The van der Waals surface area contributed by atoms with E-state index in [1.54, 1.807) is 48.7 Å². The zero-order valence-electron chi connectivity index (χ0n) is 18.8. The Labute approximate surface area is 206 Å². The molecule has 0 unspecified atom stereocenters. The maximum Gasteiger partial charge on any atom is 0.323 e. The van der Waals surface area contributed by atoms with Gasteiger partial charge in [-0.15, -0.1) is 0 Å². The van der Waals surface area contributed by atoms with Crippen molar-refractivity contribution in [1.82, 2.24) is 20.0 Å². The molecule has 0 saturated carbocycles. The highest BCUT2D eigenvalue weighted by molar-refractivity contribution is 7.89. The number of carboxylic acid groups (broad SMARTS) is 1. The number of hydrogen-bond donors (Lipinski definition) is 5. The van der Waals surface area contributed by atoms with Crippen LogP contribution in [-0.2, 0) is 21.4 Å². The minimum atomic E-state index is -4.08. The van der Waals surface area contributed by atoms with Gasteiger partial charge in [0.05, 0.1) is 4.90 Å². The normalized spacial score (nSPS) is 12.2. The van der Waals surface area contributed by atoms with Crippen molar-refractivity contribution in [2.24, 2.45) is 0 Å². The van der Waals surface area contributed by atoms with Crippen LogP contribution in [-0.4, -0.2) is 48.0 Å². The number of nitrogen functional groups attached to an aromatic ring is 1. The number of fused-ring (bicyclic) bond motifs is 1. The molecule has 4 aromatic rings. The number of carboxylic acids is 1. The van der Waals surface area contributed by atoms with Crippen LogP contribution in [0.15, 0.2) is 77.8 Å². The van der Waals surface area contributed by atoms with Gasteiger partial charge in [-0.2, -0.15) is 4.72 Å². The molecular weight excluding hydrogens is 486 g/mol. The number of amides is 1. The molecule has 1 amide bonds. The fraction of sp³-hybridized carbons (Fsp3) is 0.125. The number of aromatic nitrogens is 2. The van der Waals surface area contributed by atoms with Crippen LogP contribution in [0.25, 0.3) is 10.9 Å². The summed E-state index contributed by atoms with van der Waals surface area (Å²) >= 11 is 0. The summed E-state index contributed by atoms with van der Waals surface area (Å²) in [5.41, 5.74) is 7.38. The first-order valence-electron chi connectivity index (χ1n) is 10.8. The molecule has 0 spiro atoms. The molecule has 0 bridgehead atoms. The summed E-state index contributed by atoms with van der Waals surface area (Å²) in [4.78, 5) is 31.1. The van der Waals surface area contributed by atoms with Gasteiger partial charge in [-0.25, -0.2) is 13.4 Å². The van der Waals surface area contributed by atoms with E-state index in [-0.39, 0.29) is 17.2 Å². The van der Waals surface area contributed by atoms with Crippen molar-refractivity contribution in [3.8, 4) is 5.75 Å². The standard InChI is InChI=1S/C24H23N5O6S/c25-22-10-15(8-9-26-22)14-35-17-6-7-19-16(11-17)12-20(28-19)23(30)27-13-21(24(31)32)29-36(33,34)18-4-2-1-3-5-18/h1-12,21,28-29H,13-14H2,(H2,25,26)(H,27,30)(H,31,32)/t21-/m0/s1. The SMILES string of the molecule is Nc1cc(COc2ccc3[nH]c(C(=O)NC[C@H](NS(=O)(=O)c4ccccc4)C(=O)O)cc3c2)ccn1. The number of aromatic amines is 1. The van der Waals surface area contributed by atoms with Crippen molar-refractivity contribution in [3.63, 3.8) is 0 Å². The topological polar surface area (TPSA) is 176 Å². The number of rotatable bonds is 10. The number of pyridine rings is 1. The summed E-state index contributed by atoms with van der Waals surface area (Å²) < 4.78 is 32.8. The van der Waals surface area contributed by atoms with Crippen LogP contribution in [0, 0.1) is 0 Å². The third-order valence-electron chi connectivity index (χ3n) is 5.20. The zero-order chi connectivity index (χ0) is 25.7. The molecule has 0 radical (unpaired) electrons. The van der Waals surface area contributed by atoms with Gasteiger partial charge in [0.25, 0.3) is 5.91 Å². The summed E-state index contributed by atoms with van der Waals surface area (Å²) in [5, 5.41) is 12.6. The van der Waals surface area contributed by atoms with E-state index in [2.05, 4.69) is 20.0 Å². The van der Waals surface area contributed by atoms with Crippen molar-refractivity contribution >= 4 is 38.6 Å². The minimum Gasteiger partial charge on any atom is -0.489 e. The first-order valence-corrected chi connectivity index (χ1v) is 12.2. The number of hydrogen-bond acceptors (Lipinski definition) is 7. The molecule has 0 saturated heterocycles. The number of ether oxygens (including phenoxy) is 1. The average molecular weight is 510 g/mol. The Balaban J connectivity index is 1.40. The van der Waals surface area contributed by atoms with Crippen molar-refractivity contribution < 1.29 is 27.9 Å². The summed E-state index contributed by atoms with van der Waals surface area (Å²) in [7, 11) is -4.08.